The van der Waals surface area contributed by atoms with E-state index < -0.39 is 12.0 Å². The Morgan fingerprint density at radius 3 is 2.83 bits per heavy atom. The summed E-state index contributed by atoms with van der Waals surface area (Å²) in [7, 11) is 0. The lowest BCUT2D eigenvalue weighted by atomic mass is 10.1. The van der Waals surface area contributed by atoms with Crippen LogP contribution in [0.15, 0.2) is 36.0 Å². The number of anilines is 1. The summed E-state index contributed by atoms with van der Waals surface area (Å²) in [6.07, 6.45) is 3.00. The molecular weight excluding hydrogens is 346 g/mol. The van der Waals surface area contributed by atoms with Crippen molar-refractivity contribution in [2.45, 2.75) is 18.9 Å². The molecule has 0 radical (unpaired) electrons. The zero-order valence-electron chi connectivity index (χ0n) is 12.6. The van der Waals surface area contributed by atoms with Gasteiger partial charge in [-0.3, -0.25) is 0 Å². The van der Waals surface area contributed by atoms with Crippen LogP contribution in [0.25, 0.3) is 21.3 Å². The number of carboxylic acids is 1. The number of fused-ring (bicyclic) bond motifs is 1. The van der Waals surface area contributed by atoms with E-state index in [0.29, 0.717) is 23.8 Å². The van der Waals surface area contributed by atoms with Gasteiger partial charge >= 0.3 is 5.97 Å². The highest BCUT2D eigenvalue weighted by atomic mass is 35.5. The van der Waals surface area contributed by atoms with E-state index in [1.807, 2.05) is 34.5 Å². The van der Waals surface area contributed by atoms with Crippen LogP contribution in [0.3, 0.4) is 0 Å². The fourth-order valence-corrected chi connectivity index (χ4v) is 4.23. The van der Waals surface area contributed by atoms with Crippen molar-refractivity contribution in [3.05, 3.63) is 41.0 Å². The molecular formula is C17H14ClN3O2S. The van der Waals surface area contributed by atoms with Gasteiger partial charge in [0.05, 0.1) is 5.39 Å². The molecule has 3 aromatic rings. The van der Waals surface area contributed by atoms with Gasteiger partial charge in [-0.15, -0.1) is 11.3 Å². The monoisotopic (exact) mass is 359 g/mol. The first kappa shape index (κ1) is 15.4. The number of benzene rings is 1. The lowest BCUT2D eigenvalue weighted by Crippen LogP contribution is -2.36. The van der Waals surface area contributed by atoms with Gasteiger partial charge in [0.25, 0.3) is 0 Å². The van der Waals surface area contributed by atoms with E-state index in [9.17, 15) is 9.90 Å². The van der Waals surface area contributed by atoms with E-state index in [-0.39, 0.29) is 0 Å². The number of nitrogens with zero attached hydrogens (tertiary/aromatic N) is 3. The summed E-state index contributed by atoms with van der Waals surface area (Å²) in [5, 5.41) is 13.1. The molecule has 1 aliphatic heterocycles. The van der Waals surface area contributed by atoms with Crippen LogP contribution >= 0.6 is 22.9 Å². The molecule has 1 aromatic carbocycles. The third-order valence-electron chi connectivity index (χ3n) is 4.32. The van der Waals surface area contributed by atoms with Crippen LogP contribution in [-0.4, -0.2) is 33.6 Å². The first-order valence-electron chi connectivity index (χ1n) is 7.63. The van der Waals surface area contributed by atoms with E-state index in [1.54, 1.807) is 0 Å². The molecule has 24 heavy (non-hydrogen) atoms. The van der Waals surface area contributed by atoms with Crippen LogP contribution in [0.5, 0.6) is 0 Å². The zero-order chi connectivity index (χ0) is 16.7. The lowest BCUT2D eigenvalue weighted by molar-refractivity contribution is -0.138. The van der Waals surface area contributed by atoms with Crippen LogP contribution in [0.4, 0.5) is 5.82 Å². The smallest absolute Gasteiger partial charge is 0.326 e. The summed E-state index contributed by atoms with van der Waals surface area (Å²) >= 11 is 7.52. The number of carboxylic acid groups (broad SMARTS) is 1. The number of carbonyl (C=O) groups is 1. The molecule has 7 heteroatoms. The van der Waals surface area contributed by atoms with Crippen LogP contribution in [0.2, 0.25) is 5.02 Å². The van der Waals surface area contributed by atoms with Gasteiger partial charge in [-0.1, -0.05) is 23.7 Å². The van der Waals surface area contributed by atoms with Crippen LogP contribution < -0.4 is 4.90 Å². The number of thiophene rings is 1. The molecule has 1 N–H and O–H groups in total. The van der Waals surface area contributed by atoms with Crippen LogP contribution in [0.1, 0.15) is 12.8 Å². The van der Waals surface area contributed by atoms with Gasteiger partial charge in [0.1, 0.15) is 23.0 Å². The quantitative estimate of drug-likeness (QED) is 0.763. The lowest BCUT2D eigenvalue weighted by Gasteiger charge is -2.23. The van der Waals surface area contributed by atoms with Crippen molar-refractivity contribution in [2.75, 3.05) is 11.4 Å². The van der Waals surface area contributed by atoms with Crippen LogP contribution in [0, 0.1) is 0 Å². The molecule has 0 spiro atoms. The van der Waals surface area contributed by atoms with Gasteiger partial charge in [-0.05, 0) is 30.5 Å². The average Bonchev–Trinajstić information content (AvgIpc) is 3.22. The Kier molecular flexibility index (Phi) is 3.86. The summed E-state index contributed by atoms with van der Waals surface area (Å²) in [6.45, 7) is 0.693. The van der Waals surface area contributed by atoms with Gasteiger partial charge in [0.2, 0.25) is 0 Å². The highest BCUT2D eigenvalue weighted by Crippen LogP contribution is 2.39. The summed E-state index contributed by atoms with van der Waals surface area (Å²) in [5.74, 6) is -0.0985. The molecule has 1 atom stereocenters. The normalized spacial score (nSPS) is 17.5. The predicted octanol–water partition coefficient (Wildman–Crippen LogP) is 4.07. The van der Waals surface area contributed by atoms with Crippen molar-refractivity contribution in [1.82, 2.24) is 9.97 Å². The second kappa shape index (κ2) is 6.03. The Morgan fingerprint density at radius 1 is 1.29 bits per heavy atom. The molecule has 0 saturated carbocycles. The zero-order valence-corrected chi connectivity index (χ0v) is 14.2. The Morgan fingerprint density at radius 2 is 2.08 bits per heavy atom. The standard InChI is InChI=1S/C17H14ClN3O2S/c18-11-5-3-10(4-6-11)12-8-24-16-14(12)15(19-9-20-16)21-7-1-2-13(21)17(22)23/h3-6,8-9,13H,1-2,7H2,(H,22,23). The largest absolute Gasteiger partial charge is 0.480 e. The SMILES string of the molecule is O=C(O)C1CCCN1c1ncnc2scc(-c3ccc(Cl)cc3)c12. The van der Waals surface area contributed by atoms with Crippen molar-refractivity contribution >= 4 is 44.9 Å². The van der Waals surface area contributed by atoms with Crippen LogP contribution in [-0.2, 0) is 4.79 Å². The number of aliphatic carboxylic acids is 1. The predicted molar refractivity (Wildman–Crippen MR) is 95.9 cm³/mol. The molecule has 122 valence electrons. The van der Waals surface area contributed by atoms with Crippen molar-refractivity contribution < 1.29 is 9.90 Å². The van der Waals surface area contributed by atoms with Crippen molar-refractivity contribution in [2.24, 2.45) is 0 Å². The van der Waals surface area contributed by atoms with E-state index in [1.165, 1.54) is 17.7 Å². The van der Waals surface area contributed by atoms with Crippen molar-refractivity contribution in [3.63, 3.8) is 0 Å². The molecule has 1 saturated heterocycles. The van der Waals surface area contributed by atoms with E-state index in [4.69, 9.17) is 11.6 Å². The number of hydrogen-bond acceptors (Lipinski definition) is 5. The Hall–Kier alpha value is -2.18. The fraction of sp³-hybridized carbons (Fsp3) is 0.235. The van der Waals surface area contributed by atoms with E-state index >= 15 is 0 Å². The molecule has 3 heterocycles. The Bertz CT molecular complexity index is 910. The maximum atomic E-state index is 11.6. The minimum Gasteiger partial charge on any atom is -0.480 e. The average molecular weight is 360 g/mol. The summed E-state index contributed by atoms with van der Waals surface area (Å²) in [4.78, 5) is 23.1. The third-order valence-corrected chi connectivity index (χ3v) is 5.45. The van der Waals surface area contributed by atoms with E-state index in [0.717, 1.165) is 27.8 Å². The molecule has 0 aliphatic carbocycles. The molecule has 2 aromatic heterocycles. The maximum absolute atomic E-state index is 11.6. The van der Waals surface area contributed by atoms with Gasteiger partial charge < -0.3 is 10.0 Å². The molecule has 1 aliphatic rings. The van der Waals surface area contributed by atoms with Crippen molar-refractivity contribution in [1.29, 1.82) is 0 Å². The highest BCUT2D eigenvalue weighted by Gasteiger charge is 2.33. The first-order chi connectivity index (χ1) is 11.6. The molecule has 1 fully saturated rings. The minimum atomic E-state index is -0.803. The van der Waals surface area contributed by atoms with Gasteiger partial charge in [-0.2, -0.15) is 0 Å². The second-order valence-corrected chi connectivity index (χ2v) is 7.02. The van der Waals surface area contributed by atoms with Gasteiger partial charge in [-0.25, -0.2) is 14.8 Å². The number of halogens is 1. The topological polar surface area (TPSA) is 66.3 Å². The molecule has 0 bridgehead atoms. The Labute approximate surface area is 147 Å². The Balaban J connectivity index is 1.89. The number of rotatable bonds is 3. The minimum absolute atomic E-state index is 0.527. The molecule has 0 amide bonds. The van der Waals surface area contributed by atoms with Gasteiger partial charge in [0.15, 0.2) is 0 Å². The highest BCUT2D eigenvalue weighted by molar-refractivity contribution is 7.17. The van der Waals surface area contributed by atoms with E-state index in [2.05, 4.69) is 9.97 Å². The first-order valence-corrected chi connectivity index (χ1v) is 8.88. The van der Waals surface area contributed by atoms with Gasteiger partial charge in [0, 0.05) is 22.5 Å². The molecule has 4 rings (SSSR count). The summed E-state index contributed by atoms with van der Waals surface area (Å²) < 4.78 is 0. The summed E-state index contributed by atoms with van der Waals surface area (Å²) in [6, 6.07) is 7.08. The summed E-state index contributed by atoms with van der Waals surface area (Å²) in [5.41, 5.74) is 2.03. The van der Waals surface area contributed by atoms with Crippen molar-refractivity contribution in [3.8, 4) is 11.1 Å². The molecule has 1 unspecified atom stereocenters. The third kappa shape index (κ3) is 2.52. The fourth-order valence-electron chi connectivity index (χ4n) is 3.20. The second-order valence-electron chi connectivity index (χ2n) is 5.72. The number of aromatic nitrogens is 2. The molecule has 5 nitrogen and oxygen atoms in total. The maximum Gasteiger partial charge on any atom is 0.326 e. The number of hydrogen-bond donors (Lipinski definition) is 1.